The molecule has 0 unspecified atom stereocenters. The van der Waals surface area contributed by atoms with E-state index in [1.807, 2.05) is 35.2 Å². The first-order valence-corrected chi connectivity index (χ1v) is 8.38. The summed E-state index contributed by atoms with van der Waals surface area (Å²) in [5.41, 5.74) is 7.57. The monoisotopic (exact) mass is 341 g/mol. The van der Waals surface area contributed by atoms with E-state index >= 15 is 0 Å². The number of amides is 2. The third-order valence-corrected chi connectivity index (χ3v) is 4.69. The van der Waals surface area contributed by atoms with Gasteiger partial charge < -0.3 is 10.6 Å². The summed E-state index contributed by atoms with van der Waals surface area (Å²) in [5.74, 6) is -0.371. The second-order valence-corrected chi connectivity index (χ2v) is 6.47. The van der Waals surface area contributed by atoms with Gasteiger partial charge in [0.2, 0.25) is 11.8 Å². The minimum atomic E-state index is -0.406. The molecular weight excluding hydrogens is 318 g/mol. The lowest BCUT2D eigenvalue weighted by molar-refractivity contribution is -0.136. The molecule has 1 aliphatic heterocycles. The lowest BCUT2D eigenvalue weighted by atomic mass is 10.1. The van der Waals surface area contributed by atoms with E-state index in [1.165, 1.54) is 0 Å². The van der Waals surface area contributed by atoms with Crippen LogP contribution in [0.25, 0.3) is 0 Å². The lowest BCUT2D eigenvalue weighted by Gasteiger charge is -2.30. The summed E-state index contributed by atoms with van der Waals surface area (Å²) in [6.07, 6.45) is 4.71. The van der Waals surface area contributed by atoms with Crippen LogP contribution in [0, 0.1) is 0 Å². The summed E-state index contributed by atoms with van der Waals surface area (Å²) in [4.78, 5) is 28.4. The van der Waals surface area contributed by atoms with Gasteiger partial charge in [-0.25, -0.2) is 0 Å². The van der Waals surface area contributed by atoms with Gasteiger partial charge in [-0.3, -0.25) is 19.6 Å². The molecule has 0 radical (unpaired) electrons. The number of rotatable bonds is 6. The third kappa shape index (κ3) is 3.88. The predicted octanol–water partition coefficient (Wildman–Crippen LogP) is 0.887. The van der Waals surface area contributed by atoms with Crippen LogP contribution < -0.4 is 5.73 Å². The molecule has 1 aromatic carbocycles. The molecule has 1 fully saturated rings. The first-order valence-electron chi connectivity index (χ1n) is 8.38. The fourth-order valence-electron chi connectivity index (χ4n) is 3.42. The van der Waals surface area contributed by atoms with Crippen LogP contribution in [0.5, 0.6) is 0 Å². The highest BCUT2D eigenvalue weighted by Gasteiger charge is 2.41. The molecule has 2 heterocycles. The number of hydrogen-bond donors (Lipinski definition) is 2. The van der Waals surface area contributed by atoms with E-state index in [-0.39, 0.29) is 17.9 Å². The molecule has 0 bridgehead atoms. The zero-order valence-electron chi connectivity index (χ0n) is 14.3. The number of benzene rings is 1. The van der Waals surface area contributed by atoms with Crippen LogP contribution in [-0.2, 0) is 22.7 Å². The normalized spacial score (nSPS) is 20.5. The number of aromatic nitrogens is 2. The first kappa shape index (κ1) is 17.2. The zero-order chi connectivity index (χ0) is 17.8. The van der Waals surface area contributed by atoms with Crippen LogP contribution >= 0.6 is 0 Å². The second-order valence-electron chi connectivity index (χ2n) is 6.47. The van der Waals surface area contributed by atoms with E-state index in [2.05, 4.69) is 10.2 Å². The van der Waals surface area contributed by atoms with E-state index in [4.69, 9.17) is 5.73 Å². The standard InChI is InChI=1S/C18H23N5O2/c1-22(11-14-9-20-21-10-14)18(25)16-8-7-15(17(19)24)23(16)12-13-5-3-2-4-6-13/h2-6,9-10,15-16H,7-8,11-12H2,1H3,(H2,19,24)(H,20,21)/t15-,16+/m0/s1. The van der Waals surface area contributed by atoms with Gasteiger partial charge >= 0.3 is 0 Å². The van der Waals surface area contributed by atoms with Crippen molar-refractivity contribution in [3.63, 3.8) is 0 Å². The van der Waals surface area contributed by atoms with E-state index in [0.717, 1.165) is 11.1 Å². The van der Waals surface area contributed by atoms with Crippen LogP contribution in [0.15, 0.2) is 42.7 Å². The topological polar surface area (TPSA) is 95.3 Å². The van der Waals surface area contributed by atoms with E-state index in [1.54, 1.807) is 24.3 Å². The maximum atomic E-state index is 12.9. The Morgan fingerprint density at radius 1 is 1.24 bits per heavy atom. The summed E-state index contributed by atoms with van der Waals surface area (Å²) < 4.78 is 0. The number of aromatic amines is 1. The van der Waals surface area contributed by atoms with Gasteiger partial charge in [-0.1, -0.05) is 30.3 Å². The number of nitrogens with zero attached hydrogens (tertiary/aromatic N) is 3. The van der Waals surface area contributed by atoms with Gasteiger partial charge in [0.05, 0.1) is 18.3 Å². The minimum absolute atomic E-state index is 0.000816. The summed E-state index contributed by atoms with van der Waals surface area (Å²) in [7, 11) is 1.77. The maximum absolute atomic E-state index is 12.9. The SMILES string of the molecule is CN(Cc1cn[nH]c1)C(=O)[C@H]1CC[C@@H](C(N)=O)N1Cc1ccccc1. The van der Waals surface area contributed by atoms with Crippen molar-refractivity contribution in [1.82, 2.24) is 20.0 Å². The molecule has 0 spiro atoms. The number of likely N-dealkylation sites (N-methyl/N-ethyl adjacent to an activating group) is 1. The average Bonchev–Trinajstić information content (AvgIpc) is 3.25. The summed E-state index contributed by atoms with van der Waals surface area (Å²) in [5, 5.41) is 6.65. The van der Waals surface area contributed by atoms with Crippen LogP contribution in [0.3, 0.4) is 0 Å². The van der Waals surface area contributed by atoms with Gasteiger partial charge in [-0.15, -0.1) is 0 Å². The van der Waals surface area contributed by atoms with Crippen molar-refractivity contribution in [2.24, 2.45) is 5.73 Å². The molecule has 3 rings (SSSR count). The Kier molecular flexibility index (Phi) is 5.14. The molecule has 1 saturated heterocycles. The fourth-order valence-corrected chi connectivity index (χ4v) is 3.42. The number of carbonyl (C=O) groups excluding carboxylic acids is 2. The molecule has 2 atom stereocenters. The Balaban J connectivity index is 1.75. The van der Waals surface area contributed by atoms with Crippen LogP contribution in [-0.4, -0.2) is 50.9 Å². The molecule has 132 valence electrons. The highest BCUT2D eigenvalue weighted by molar-refractivity contribution is 5.86. The molecule has 2 aromatic rings. The average molecular weight is 341 g/mol. The van der Waals surface area contributed by atoms with Crippen molar-refractivity contribution >= 4 is 11.8 Å². The summed E-state index contributed by atoms with van der Waals surface area (Å²) in [6, 6.07) is 9.09. The minimum Gasteiger partial charge on any atom is -0.368 e. The van der Waals surface area contributed by atoms with Crippen LogP contribution in [0.4, 0.5) is 0 Å². The number of nitrogens with one attached hydrogen (secondary N) is 1. The quantitative estimate of drug-likeness (QED) is 0.815. The zero-order valence-corrected chi connectivity index (χ0v) is 14.3. The molecule has 1 aromatic heterocycles. The predicted molar refractivity (Wildman–Crippen MR) is 93.1 cm³/mol. The van der Waals surface area contributed by atoms with Crippen LogP contribution in [0.2, 0.25) is 0 Å². The van der Waals surface area contributed by atoms with E-state index < -0.39 is 6.04 Å². The fraction of sp³-hybridized carbons (Fsp3) is 0.389. The summed E-state index contributed by atoms with van der Waals surface area (Å²) in [6.45, 7) is 1.01. The highest BCUT2D eigenvalue weighted by Crippen LogP contribution is 2.27. The maximum Gasteiger partial charge on any atom is 0.240 e. The number of carbonyl (C=O) groups is 2. The van der Waals surface area contributed by atoms with Crippen molar-refractivity contribution < 1.29 is 9.59 Å². The Bertz CT molecular complexity index is 716. The molecular formula is C18H23N5O2. The first-order chi connectivity index (χ1) is 12.1. The van der Waals surface area contributed by atoms with Gasteiger partial charge in [0, 0.05) is 31.9 Å². The number of nitrogens with two attached hydrogens (primary N) is 1. The Hall–Kier alpha value is -2.67. The number of hydrogen-bond acceptors (Lipinski definition) is 4. The molecule has 1 aliphatic rings. The van der Waals surface area contributed by atoms with Crippen molar-refractivity contribution in [2.45, 2.75) is 38.0 Å². The van der Waals surface area contributed by atoms with E-state index in [0.29, 0.717) is 25.9 Å². The number of H-pyrrole nitrogens is 1. The largest absolute Gasteiger partial charge is 0.368 e. The van der Waals surface area contributed by atoms with Crippen molar-refractivity contribution in [1.29, 1.82) is 0 Å². The van der Waals surface area contributed by atoms with Gasteiger partial charge in [0.1, 0.15) is 0 Å². The molecule has 0 aliphatic carbocycles. The molecule has 25 heavy (non-hydrogen) atoms. The number of primary amides is 1. The molecule has 7 nitrogen and oxygen atoms in total. The Morgan fingerprint density at radius 2 is 1.96 bits per heavy atom. The molecule has 7 heteroatoms. The van der Waals surface area contributed by atoms with Gasteiger partial charge in [0.15, 0.2) is 0 Å². The summed E-state index contributed by atoms with van der Waals surface area (Å²) >= 11 is 0. The van der Waals surface area contributed by atoms with Crippen molar-refractivity contribution in [2.75, 3.05) is 7.05 Å². The second kappa shape index (κ2) is 7.48. The molecule has 2 amide bonds. The van der Waals surface area contributed by atoms with Crippen LogP contribution in [0.1, 0.15) is 24.0 Å². The molecule has 3 N–H and O–H groups in total. The smallest absolute Gasteiger partial charge is 0.240 e. The molecule has 0 saturated carbocycles. The lowest BCUT2D eigenvalue weighted by Crippen LogP contribution is -2.49. The van der Waals surface area contributed by atoms with Gasteiger partial charge in [0.25, 0.3) is 0 Å². The van der Waals surface area contributed by atoms with Gasteiger partial charge in [-0.05, 0) is 18.4 Å². The third-order valence-electron chi connectivity index (χ3n) is 4.69. The number of likely N-dealkylation sites (tertiary alicyclic amines) is 1. The van der Waals surface area contributed by atoms with Crippen molar-refractivity contribution in [3.8, 4) is 0 Å². The highest BCUT2D eigenvalue weighted by atomic mass is 16.2. The Labute approximate surface area is 146 Å². The van der Waals surface area contributed by atoms with Gasteiger partial charge in [-0.2, -0.15) is 5.10 Å². The van der Waals surface area contributed by atoms with E-state index in [9.17, 15) is 9.59 Å². The van der Waals surface area contributed by atoms with Crippen molar-refractivity contribution in [3.05, 3.63) is 53.9 Å². The Morgan fingerprint density at radius 3 is 2.60 bits per heavy atom.